The van der Waals surface area contributed by atoms with E-state index in [0.29, 0.717) is 19.5 Å². The SMILES string of the molecule is COc1ccc(CNC(=O)NCCc2nc(-c3cccs3)cn2C)cc1. The number of hydrogen-bond donors (Lipinski definition) is 2. The first-order valence-corrected chi connectivity index (χ1v) is 9.24. The molecular formula is C19H22N4O2S. The predicted octanol–water partition coefficient (Wildman–Crippen LogP) is 3.20. The average Bonchev–Trinajstić information content (AvgIpc) is 3.31. The number of thiophene rings is 1. The molecule has 3 rings (SSSR count). The summed E-state index contributed by atoms with van der Waals surface area (Å²) in [5, 5.41) is 7.76. The maximum atomic E-state index is 11.9. The Labute approximate surface area is 156 Å². The van der Waals surface area contributed by atoms with Crippen LogP contribution in [0.25, 0.3) is 10.6 Å². The van der Waals surface area contributed by atoms with Crippen LogP contribution in [0.4, 0.5) is 4.79 Å². The number of nitrogens with zero attached hydrogens (tertiary/aromatic N) is 2. The van der Waals surface area contributed by atoms with Crippen LogP contribution in [0.15, 0.2) is 48.0 Å². The lowest BCUT2D eigenvalue weighted by molar-refractivity contribution is 0.240. The normalized spacial score (nSPS) is 10.5. The van der Waals surface area contributed by atoms with Gasteiger partial charge in [-0.2, -0.15) is 0 Å². The minimum absolute atomic E-state index is 0.187. The van der Waals surface area contributed by atoms with E-state index in [1.807, 2.05) is 53.5 Å². The summed E-state index contributed by atoms with van der Waals surface area (Å²) < 4.78 is 7.12. The summed E-state index contributed by atoms with van der Waals surface area (Å²) >= 11 is 1.67. The molecule has 0 atom stereocenters. The molecular weight excluding hydrogens is 348 g/mol. The first kappa shape index (κ1) is 18.0. The Hall–Kier alpha value is -2.80. The molecule has 0 saturated carbocycles. The Balaban J connectivity index is 1.43. The second kappa shape index (κ2) is 8.53. The maximum absolute atomic E-state index is 11.9. The molecule has 7 heteroatoms. The van der Waals surface area contributed by atoms with Crippen LogP contribution >= 0.6 is 11.3 Å². The number of benzene rings is 1. The topological polar surface area (TPSA) is 68.2 Å². The van der Waals surface area contributed by atoms with Gasteiger partial charge in [-0.25, -0.2) is 9.78 Å². The Morgan fingerprint density at radius 1 is 1.23 bits per heavy atom. The zero-order valence-electron chi connectivity index (χ0n) is 14.9. The van der Waals surface area contributed by atoms with E-state index in [0.717, 1.165) is 27.7 Å². The van der Waals surface area contributed by atoms with E-state index in [4.69, 9.17) is 4.74 Å². The van der Waals surface area contributed by atoms with E-state index in [1.165, 1.54) is 0 Å². The molecule has 2 heterocycles. The van der Waals surface area contributed by atoms with Crippen LogP contribution in [0.1, 0.15) is 11.4 Å². The Kier molecular flexibility index (Phi) is 5.91. The third-order valence-corrected chi connectivity index (χ3v) is 4.88. The molecule has 136 valence electrons. The van der Waals surface area contributed by atoms with Crippen molar-refractivity contribution >= 4 is 17.4 Å². The monoisotopic (exact) mass is 370 g/mol. The highest BCUT2D eigenvalue weighted by atomic mass is 32.1. The van der Waals surface area contributed by atoms with E-state index < -0.39 is 0 Å². The third-order valence-electron chi connectivity index (χ3n) is 3.99. The first-order valence-electron chi connectivity index (χ1n) is 8.36. The van der Waals surface area contributed by atoms with E-state index >= 15 is 0 Å². The molecule has 0 aliphatic rings. The second-order valence-electron chi connectivity index (χ2n) is 5.84. The molecule has 0 radical (unpaired) electrons. The van der Waals surface area contributed by atoms with Crippen molar-refractivity contribution in [1.82, 2.24) is 20.2 Å². The molecule has 1 aromatic carbocycles. The number of nitrogens with one attached hydrogen (secondary N) is 2. The van der Waals surface area contributed by atoms with Crippen molar-refractivity contribution in [3.63, 3.8) is 0 Å². The Morgan fingerprint density at radius 3 is 2.73 bits per heavy atom. The van der Waals surface area contributed by atoms with Gasteiger partial charge in [-0.3, -0.25) is 0 Å². The van der Waals surface area contributed by atoms with Crippen molar-refractivity contribution in [3.05, 3.63) is 59.4 Å². The van der Waals surface area contributed by atoms with Gasteiger partial charge in [0.25, 0.3) is 0 Å². The van der Waals surface area contributed by atoms with Crippen LogP contribution < -0.4 is 15.4 Å². The molecule has 0 aliphatic carbocycles. The van der Waals surface area contributed by atoms with Gasteiger partial charge in [-0.1, -0.05) is 18.2 Å². The number of rotatable bonds is 7. The zero-order valence-corrected chi connectivity index (χ0v) is 15.7. The molecule has 2 N–H and O–H groups in total. The fourth-order valence-corrected chi connectivity index (χ4v) is 3.24. The van der Waals surface area contributed by atoms with Gasteiger partial charge >= 0.3 is 6.03 Å². The molecule has 0 unspecified atom stereocenters. The molecule has 0 aliphatic heterocycles. The van der Waals surface area contributed by atoms with Gasteiger partial charge in [0.2, 0.25) is 0 Å². The lowest BCUT2D eigenvalue weighted by atomic mass is 10.2. The summed E-state index contributed by atoms with van der Waals surface area (Å²) in [6, 6.07) is 11.5. The highest BCUT2D eigenvalue weighted by Crippen LogP contribution is 2.23. The molecule has 3 aromatic rings. The molecule has 2 amide bonds. The Morgan fingerprint density at radius 2 is 2.04 bits per heavy atom. The summed E-state index contributed by atoms with van der Waals surface area (Å²) in [6.07, 6.45) is 2.70. The third kappa shape index (κ3) is 4.64. The van der Waals surface area contributed by atoms with Crippen molar-refractivity contribution in [1.29, 1.82) is 0 Å². The van der Waals surface area contributed by atoms with Gasteiger partial charge in [0.15, 0.2) is 0 Å². The molecule has 0 bridgehead atoms. The molecule has 0 saturated heterocycles. The summed E-state index contributed by atoms with van der Waals surface area (Å²) in [6.45, 7) is 1.00. The minimum Gasteiger partial charge on any atom is -0.497 e. The average molecular weight is 370 g/mol. The summed E-state index contributed by atoms with van der Waals surface area (Å²) in [7, 11) is 3.61. The van der Waals surface area contributed by atoms with Crippen LogP contribution in [-0.4, -0.2) is 29.2 Å². The lowest BCUT2D eigenvalue weighted by Crippen LogP contribution is -2.36. The van der Waals surface area contributed by atoms with Gasteiger partial charge in [-0.05, 0) is 29.1 Å². The van der Waals surface area contributed by atoms with Crippen LogP contribution in [0.5, 0.6) is 5.75 Å². The summed E-state index contributed by atoms with van der Waals surface area (Å²) in [4.78, 5) is 17.7. The number of hydrogen-bond acceptors (Lipinski definition) is 4. The number of imidazole rings is 1. The van der Waals surface area contributed by atoms with E-state index in [9.17, 15) is 4.79 Å². The van der Waals surface area contributed by atoms with Gasteiger partial charge in [-0.15, -0.1) is 11.3 Å². The van der Waals surface area contributed by atoms with Crippen LogP contribution in [-0.2, 0) is 20.0 Å². The van der Waals surface area contributed by atoms with Crippen molar-refractivity contribution in [2.75, 3.05) is 13.7 Å². The quantitative estimate of drug-likeness (QED) is 0.671. The van der Waals surface area contributed by atoms with Crippen molar-refractivity contribution in [2.45, 2.75) is 13.0 Å². The number of carbonyl (C=O) groups excluding carboxylic acids is 1. The first-order chi connectivity index (χ1) is 12.7. The second-order valence-corrected chi connectivity index (χ2v) is 6.79. The number of aromatic nitrogens is 2. The Bertz CT molecular complexity index is 841. The summed E-state index contributed by atoms with van der Waals surface area (Å²) in [5.74, 6) is 1.75. The van der Waals surface area contributed by atoms with Gasteiger partial charge in [0, 0.05) is 32.8 Å². The number of aryl methyl sites for hydroxylation is 1. The number of amides is 2. The summed E-state index contributed by atoms with van der Waals surface area (Å²) in [5.41, 5.74) is 1.99. The molecule has 26 heavy (non-hydrogen) atoms. The van der Waals surface area contributed by atoms with Gasteiger partial charge in [0.05, 0.1) is 17.7 Å². The standard InChI is InChI=1S/C19H22N4O2S/c1-23-13-16(17-4-3-11-26-17)22-18(23)9-10-20-19(24)21-12-14-5-7-15(25-2)8-6-14/h3-8,11,13H,9-10,12H2,1-2H3,(H2,20,21,24). The number of methoxy groups -OCH3 is 1. The van der Waals surface area contributed by atoms with E-state index in [1.54, 1.807) is 18.4 Å². The molecule has 0 fully saturated rings. The number of ether oxygens (including phenoxy) is 1. The number of urea groups is 1. The molecule has 0 spiro atoms. The lowest BCUT2D eigenvalue weighted by Gasteiger charge is -2.08. The van der Waals surface area contributed by atoms with Crippen LogP contribution in [0, 0.1) is 0 Å². The van der Waals surface area contributed by atoms with Crippen LogP contribution in [0.2, 0.25) is 0 Å². The van der Waals surface area contributed by atoms with Crippen molar-refractivity contribution in [3.8, 4) is 16.3 Å². The van der Waals surface area contributed by atoms with Gasteiger partial charge in [0.1, 0.15) is 11.6 Å². The highest BCUT2D eigenvalue weighted by molar-refractivity contribution is 7.13. The molecule has 6 nitrogen and oxygen atoms in total. The van der Waals surface area contributed by atoms with Crippen molar-refractivity contribution in [2.24, 2.45) is 7.05 Å². The fraction of sp³-hybridized carbons (Fsp3) is 0.263. The fourth-order valence-electron chi connectivity index (χ4n) is 2.56. The van der Waals surface area contributed by atoms with Gasteiger partial charge < -0.3 is 19.9 Å². The van der Waals surface area contributed by atoms with E-state index in [-0.39, 0.29) is 6.03 Å². The highest BCUT2D eigenvalue weighted by Gasteiger charge is 2.08. The zero-order chi connectivity index (χ0) is 18.4. The number of carbonyl (C=O) groups is 1. The van der Waals surface area contributed by atoms with Crippen molar-refractivity contribution < 1.29 is 9.53 Å². The van der Waals surface area contributed by atoms with Crippen LogP contribution in [0.3, 0.4) is 0 Å². The molecule has 2 aromatic heterocycles. The smallest absolute Gasteiger partial charge is 0.315 e. The van der Waals surface area contributed by atoms with E-state index in [2.05, 4.69) is 21.7 Å². The minimum atomic E-state index is -0.187. The maximum Gasteiger partial charge on any atom is 0.315 e. The predicted molar refractivity (Wildman–Crippen MR) is 103 cm³/mol. The largest absolute Gasteiger partial charge is 0.497 e.